The fraction of sp³-hybridized carbons (Fsp3) is 0.500. The van der Waals surface area contributed by atoms with E-state index in [0.29, 0.717) is 31.2 Å². The number of halogens is 2. The molecule has 1 rings (SSSR count). The largest absolute Gasteiger partial charge is 0.469 e. The number of esters is 1. The third-order valence-electron chi connectivity index (χ3n) is 3.17. The Morgan fingerprint density at radius 2 is 2.09 bits per heavy atom. The number of nitrogens with one attached hydrogen (secondary N) is 2. The Balaban J connectivity index is 0.00000484. The predicted octanol–water partition coefficient (Wildman–Crippen LogP) is 2.62. The summed E-state index contributed by atoms with van der Waals surface area (Å²) in [5, 5.41) is 6.20. The van der Waals surface area contributed by atoms with Gasteiger partial charge in [-0.25, -0.2) is 9.38 Å². The van der Waals surface area contributed by atoms with Gasteiger partial charge in [0.2, 0.25) is 0 Å². The monoisotopic (exact) mass is 437 g/mol. The molecule has 0 amide bonds. The van der Waals surface area contributed by atoms with Gasteiger partial charge in [-0.3, -0.25) is 4.79 Å². The molecule has 0 saturated carbocycles. The summed E-state index contributed by atoms with van der Waals surface area (Å²) in [6, 6.07) is 4.94. The number of ether oxygens (including phenoxy) is 1. The topological polar surface area (TPSA) is 62.7 Å². The van der Waals surface area contributed by atoms with Crippen molar-refractivity contribution < 1.29 is 13.9 Å². The van der Waals surface area contributed by atoms with Gasteiger partial charge in [0.1, 0.15) is 5.82 Å². The molecular formula is C16H25FIN3O2. The molecule has 2 N–H and O–H groups in total. The molecule has 0 saturated heterocycles. The highest BCUT2D eigenvalue weighted by Gasteiger charge is 2.13. The zero-order valence-corrected chi connectivity index (χ0v) is 16.3. The Morgan fingerprint density at radius 1 is 1.39 bits per heavy atom. The van der Waals surface area contributed by atoms with E-state index in [4.69, 9.17) is 0 Å². The van der Waals surface area contributed by atoms with Crippen LogP contribution >= 0.6 is 24.0 Å². The van der Waals surface area contributed by atoms with E-state index < -0.39 is 0 Å². The normalized spacial score (nSPS) is 12.1. The molecule has 0 aromatic heterocycles. The van der Waals surface area contributed by atoms with Crippen LogP contribution in [0.5, 0.6) is 0 Å². The van der Waals surface area contributed by atoms with Crippen molar-refractivity contribution in [1.82, 2.24) is 10.6 Å². The molecule has 0 aliphatic carbocycles. The molecule has 0 bridgehead atoms. The number of hydrogen-bond donors (Lipinski definition) is 2. The molecule has 5 nitrogen and oxygen atoms in total. The number of hydrogen-bond acceptors (Lipinski definition) is 3. The van der Waals surface area contributed by atoms with Crippen LogP contribution in [0.1, 0.15) is 25.0 Å². The van der Waals surface area contributed by atoms with Gasteiger partial charge in [0.15, 0.2) is 5.96 Å². The number of aliphatic imine (C=N–C) groups is 1. The Labute approximate surface area is 154 Å². The lowest BCUT2D eigenvalue weighted by atomic mass is 10.1. The minimum absolute atomic E-state index is 0. The van der Waals surface area contributed by atoms with E-state index in [9.17, 15) is 9.18 Å². The SMILES string of the molecule is CCNC(=NCc1ccc(F)c(C)c1)NCC(C)C(=O)OC.I. The summed E-state index contributed by atoms with van der Waals surface area (Å²) in [6.45, 7) is 7.05. The first-order valence-electron chi connectivity index (χ1n) is 7.33. The number of guanidine groups is 1. The fourth-order valence-electron chi connectivity index (χ4n) is 1.85. The van der Waals surface area contributed by atoms with Crippen molar-refractivity contribution in [1.29, 1.82) is 0 Å². The van der Waals surface area contributed by atoms with E-state index in [1.807, 2.05) is 6.92 Å². The molecule has 1 aromatic carbocycles. The van der Waals surface area contributed by atoms with Crippen molar-refractivity contribution >= 4 is 35.9 Å². The maximum atomic E-state index is 13.2. The average molecular weight is 437 g/mol. The third kappa shape index (κ3) is 7.62. The van der Waals surface area contributed by atoms with Gasteiger partial charge < -0.3 is 15.4 Å². The van der Waals surface area contributed by atoms with Crippen LogP contribution in [0.2, 0.25) is 0 Å². The van der Waals surface area contributed by atoms with E-state index in [0.717, 1.165) is 5.56 Å². The standard InChI is InChI=1S/C16H24FN3O2.HI/c1-5-18-16(19-9-12(3)15(21)22-4)20-10-13-6-7-14(17)11(2)8-13;/h6-8,12H,5,9-10H2,1-4H3,(H2,18,19,20);1H. The van der Waals surface area contributed by atoms with E-state index in [1.165, 1.54) is 13.2 Å². The van der Waals surface area contributed by atoms with Crippen LogP contribution in [-0.2, 0) is 16.1 Å². The first kappa shape index (κ1) is 21.6. The Kier molecular flexibility index (Phi) is 10.5. The summed E-state index contributed by atoms with van der Waals surface area (Å²) in [6.07, 6.45) is 0. The molecule has 130 valence electrons. The second-order valence-electron chi connectivity index (χ2n) is 5.08. The van der Waals surface area contributed by atoms with Gasteiger partial charge in [-0.15, -0.1) is 24.0 Å². The fourth-order valence-corrected chi connectivity index (χ4v) is 1.85. The molecule has 0 aliphatic rings. The smallest absolute Gasteiger partial charge is 0.310 e. The summed E-state index contributed by atoms with van der Waals surface area (Å²) < 4.78 is 17.9. The van der Waals surface area contributed by atoms with Crippen LogP contribution in [0.3, 0.4) is 0 Å². The van der Waals surface area contributed by atoms with Crippen LogP contribution in [0.15, 0.2) is 23.2 Å². The zero-order valence-electron chi connectivity index (χ0n) is 14.0. The van der Waals surface area contributed by atoms with Gasteiger partial charge in [-0.2, -0.15) is 0 Å². The Hall–Kier alpha value is -1.38. The lowest BCUT2D eigenvalue weighted by Gasteiger charge is -2.14. The quantitative estimate of drug-likeness (QED) is 0.311. The van der Waals surface area contributed by atoms with Crippen molar-refractivity contribution in [2.75, 3.05) is 20.2 Å². The second kappa shape index (κ2) is 11.2. The summed E-state index contributed by atoms with van der Waals surface area (Å²) >= 11 is 0. The number of carbonyl (C=O) groups excluding carboxylic acids is 1. The lowest BCUT2D eigenvalue weighted by Crippen LogP contribution is -2.40. The Bertz CT molecular complexity index is 538. The van der Waals surface area contributed by atoms with Crippen LogP contribution in [0.25, 0.3) is 0 Å². The number of aryl methyl sites for hydroxylation is 1. The highest BCUT2D eigenvalue weighted by Crippen LogP contribution is 2.10. The number of methoxy groups -OCH3 is 1. The van der Waals surface area contributed by atoms with Crippen molar-refractivity contribution in [3.05, 3.63) is 35.1 Å². The van der Waals surface area contributed by atoms with Crippen LogP contribution in [0.4, 0.5) is 4.39 Å². The van der Waals surface area contributed by atoms with Crippen LogP contribution in [0, 0.1) is 18.7 Å². The molecule has 0 fully saturated rings. The first-order valence-corrected chi connectivity index (χ1v) is 7.33. The molecule has 0 heterocycles. The second-order valence-corrected chi connectivity index (χ2v) is 5.08. The van der Waals surface area contributed by atoms with Gasteiger partial charge in [-0.05, 0) is 31.0 Å². The van der Waals surface area contributed by atoms with Crippen LogP contribution < -0.4 is 10.6 Å². The van der Waals surface area contributed by atoms with Crippen molar-refractivity contribution in [2.45, 2.75) is 27.3 Å². The summed E-state index contributed by atoms with van der Waals surface area (Å²) in [5.74, 6) is -0.135. The molecule has 23 heavy (non-hydrogen) atoms. The van der Waals surface area contributed by atoms with Crippen molar-refractivity contribution in [2.24, 2.45) is 10.9 Å². The summed E-state index contributed by atoms with van der Waals surface area (Å²) in [5.41, 5.74) is 1.53. The van der Waals surface area contributed by atoms with Crippen molar-refractivity contribution in [3.63, 3.8) is 0 Å². The molecule has 0 aliphatic heterocycles. The molecule has 7 heteroatoms. The van der Waals surface area contributed by atoms with Gasteiger partial charge in [-0.1, -0.05) is 19.1 Å². The van der Waals surface area contributed by atoms with Crippen LogP contribution in [-0.4, -0.2) is 32.1 Å². The summed E-state index contributed by atoms with van der Waals surface area (Å²) in [7, 11) is 1.37. The minimum atomic E-state index is -0.266. The lowest BCUT2D eigenvalue weighted by molar-refractivity contribution is -0.144. The van der Waals surface area contributed by atoms with Gasteiger partial charge in [0.25, 0.3) is 0 Å². The minimum Gasteiger partial charge on any atom is -0.469 e. The Morgan fingerprint density at radius 3 is 2.65 bits per heavy atom. The maximum absolute atomic E-state index is 13.2. The van der Waals surface area contributed by atoms with Gasteiger partial charge >= 0.3 is 5.97 Å². The van der Waals surface area contributed by atoms with E-state index in [1.54, 1.807) is 26.0 Å². The molecule has 0 spiro atoms. The van der Waals surface area contributed by atoms with E-state index in [2.05, 4.69) is 20.4 Å². The molecular weight excluding hydrogens is 412 g/mol. The molecule has 0 radical (unpaired) electrons. The predicted molar refractivity (Wildman–Crippen MR) is 101 cm³/mol. The van der Waals surface area contributed by atoms with E-state index in [-0.39, 0.29) is 41.7 Å². The maximum Gasteiger partial charge on any atom is 0.310 e. The van der Waals surface area contributed by atoms with Gasteiger partial charge in [0, 0.05) is 13.1 Å². The highest BCUT2D eigenvalue weighted by atomic mass is 127. The average Bonchev–Trinajstić information content (AvgIpc) is 2.52. The first-order chi connectivity index (χ1) is 10.5. The molecule has 1 unspecified atom stereocenters. The molecule has 1 atom stereocenters. The number of benzene rings is 1. The van der Waals surface area contributed by atoms with Gasteiger partial charge in [0.05, 0.1) is 19.6 Å². The zero-order chi connectivity index (χ0) is 16.5. The highest BCUT2D eigenvalue weighted by molar-refractivity contribution is 14.0. The summed E-state index contributed by atoms with van der Waals surface area (Å²) in [4.78, 5) is 15.8. The number of rotatable bonds is 6. The van der Waals surface area contributed by atoms with Crippen molar-refractivity contribution in [3.8, 4) is 0 Å². The molecule has 1 aromatic rings. The number of carbonyl (C=O) groups is 1. The third-order valence-corrected chi connectivity index (χ3v) is 3.17. The number of nitrogens with zero attached hydrogens (tertiary/aromatic N) is 1. The van der Waals surface area contributed by atoms with E-state index >= 15 is 0 Å².